The Kier molecular flexibility index (Phi) is 6.73. The van der Waals surface area contributed by atoms with E-state index < -0.39 is 0 Å². The van der Waals surface area contributed by atoms with Crippen molar-refractivity contribution in [3.8, 4) is 0 Å². The quantitative estimate of drug-likeness (QED) is 0.624. The number of aliphatic hydroxyl groups excluding tert-OH is 2. The van der Waals surface area contributed by atoms with E-state index in [1.54, 1.807) is 0 Å². The summed E-state index contributed by atoms with van der Waals surface area (Å²) in [5.41, 5.74) is 4.06. The lowest BCUT2D eigenvalue weighted by atomic mass is 9.61. The summed E-state index contributed by atoms with van der Waals surface area (Å²) in [5.74, 6) is 2.16. The van der Waals surface area contributed by atoms with Gasteiger partial charge in [-0.25, -0.2) is 0 Å². The summed E-state index contributed by atoms with van der Waals surface area (Å²) >= 11 is 0. The highest BCUT2D eigenvalue weighted by Gasteiger charge is 2.50. The van der Waals surface area contributed by atoms with E-state index in [0.29, 0.717) is 17.8 Å². The average molecular weight is 335 g/mol. The van der Waals surface area contributed by atoms with Crippen molar-refractivity contribution in [2.45, 2.75) is 85.2 Å². The molecule has 2 nitrogen and oxygen atoms in total. The molecule has 0 amide bonds. The summed E-state index contributed by atoms with van der Waals surface area (Å²) in [6, 6.07) is 0. The maximum atomic E-state index is 10.4. The van der Waals surface area contributed by atoms with Gasteiger partial charge in [-0.3, -0.25) is 0 Å². The first-order chi connectivity index (χ1) is 11.3. The van der Waals surface area contributed by atoms with Gasteiger partial charge in [0.05, 0.1) is 12.7 Å². The summed E-state index contributed by atoms with van der Waals surface area (Å²) in [6.45, 7) is 13.3. The molecule has 2 aliphatic carbocycles. The average Bonchev–Trinajstić information content (AvgIpc) is 2.88. The Bertz CT molecular complexity index is 474. The van der Waals surface area contributed by atoms with Crippen molar-refractivity contribution in [1.29, 1.82) is 0 Å². The van der Waals surface area contributed by atoms with Gasteiger partial charge in [0.2, 0.25) is 0 Å². The molecule has 0 aromatic heterocycles. The van der Waals surface area contributed by atoms with Crippen LogP contribution in [0, 0.1) is 23.2 Å². The highest BCUT2D eigenvalue weighted by atomic mass is 16.3. The number of allylic oxidation sites excluding steroid dienone is 2. The molecule has 0 saturated heterocycles. The van der Waals surface area contributed by atoms with Crippen LogP contribution in [0.4, 0.5) is 0 Å². The molecule has 2 rings (SSSR count). The van der Waals surface area contributed by atoms with Gasteiger partial charge in [-0.05, 0) is 94.0 Å². The van der Waals surface area contributed by atoms with Crippen LogP contribution in [0.25, 0.3) is 0 Å². The third-order valence-corrected chi connectivity index (χ3v) is 7.14. The fourth-order valence-corrected chi connectivity index (χ4v) is 5.57. The molecule has 0 spiro atoms. The second kappa shape index (κ2) is 8.19. The first kappa shape index (κ1) is 19.7. The van der Waals surface area contributed by atoms with Gasteiger partial charge in [-0.15, -0.1) is 0 Å². The van der Waals surface area contributed by atoms with Crippen molar-refractivity contribution in [2.24, 2.45) is 23.2 Å². The van der Waals surface area contributed by atoms with Crippen LogP contribution in [0.15, 0.2) is 23.3 Å². The zero-order valence-electron chi connectivity index (χ0n) is 16.3. The molecule has 0 bridgehead atoms. The van der Waals surface area contributed by atoms with E-state index in [0.717, 1.165) is 35.8 Å². The standard InChI is InChI=1S/C22H38O2/c1-15(2)18(14-23)13-19(24)9-8-17(4)21-11-10-20-16(3)7-6-12-22(20,21)5/h17,19-21,23-24H,3,6-14H2,1-2,4-5H3/t17?,19?,20?,21-,22+/m1/s1. The number of hydrogen-bond donors (Lipinski definition) is 2. The Morgan fingerprint density at radius 2 is 2.00 bits per heavy atom. The third kappa shape index (κ3) is 4.14. The Morgan fingerprint density at radius 3 is 2.62 bits per heavy atom. The van der Waals surface area contributed by atoms with Crippen molar-refractivity contribution in [3.63, 3.8) is 0 Å². The van der Waals surface area contributed by atoms with E-state index in [9.17, 15) is 10.2 Å². The van der Waals surface area contributed by atoms with Gasteiger partial charge in [-0.1, -0.05) is 31.6 Å². The van der Waals surface area contributed by atoms with Gasteiger partial charge in [0, 0.05) is 0 Å². The second-order valence-electron chi connectivity index (χ2n) is 8.93. The summed E-state index contributed by atoms with van der Waals surface area (Å²) in [4.78, 5) is 0. The van der Waals surface area contributed by atoms with Crippen LogP contribution < -0.4 is 0 Å². The zero-order valence-corrected chi connectivity index (χ0v) is 16.3. The van der Waals surface area contributed by atoms with Gasteiger partial charge < -0.3 is 10.2 Å². The fraction of sp³-hybridized carbons (Fsp3) is 0.818. The van der Waals surface area contributed by atoms with Crippen LogP contribution >= 0.6 is 0 Å². The summed E-state index contributed by atoms with van der Waals surface area (Å²) in [7, 11) is 0. The molecule has 0 aromatic carbocycles. The van der Waals surface area contributed by atoms with E-state index >= 15 is 0 Å². The molecule has 3 unspecified atom stereocenters. The predicted molar refractivity (Wildman–Crippen MR) is 102 cm³/mol. The molecule has 2 aliphatic rings. The Balaban J connectivity index is 1.90. The van der Waals surface area contributed by atoms with E-state index in [1.807, 2.05) is 13.8 Å². The van der Waals surface area contributed by atoms with Gasteiger partial charge in [0.1, 0.15) is 0 Å². The molecule has 138 valence electrons. The SMILES string of the molecule is C=C1CCC[C@@]2(C)C1CC[C@@H]2C(C)CCC(O)CC(CO)=C(C)C. The first-order valence-corrected chi connectivity index (χ1v) is 9.91. The maximum absolute atomic E-state index is 10.4. The van der Waals surface area contributed by atoms with Crippen LogP contribution in [0.2, 0.25) is 0 Å². The topological polar surface area (TPSA) is 40.5 Å². The van der Waals surface area contributed by atoms with Gasteiger partial charge in [0.15, 0.2) is 0 Å². The van der Waals surface area contributed by atoms with Crippen molar-refractivity contribution in [3.05, 3.63) is 23.3 Å². The molecular weight excluding hydrogens is 296 g/mol. The Labute approximate surface area is 149 Å². The summed E-state index contributed by atoms with van der Waals surface area (Å²) in [5, 5.41) is 19.8. The van der Waals surface area contributed by atoms with Crippen molar-refractivity contribution in [2.75, 3.05) is 6.61 Å². The van der Waals surface area contributed by atoms with Crippen LogP contribution in [-0.4, -0.2) is 22.9 Å². The number of rotatable bonds is 7. The number of hydrogen-bond acceptors (Lipinski definition) is 2. The molecule has 5 atom stereocenters. The molecule has 2 N–H and O–H groups in total. The predicted octanol–water partition coefficient (Wildman–Crippen LogP) is 5.26. The van der Waals surface area contributed by atoms with Crippen molar-refractivity contribution < 1.29 is 10.2 Å². The lowest BCUT2D eigenvalue weighted by Crippen LogP contribution is -2.36. The van der Waals surface area contributed by atoms with Crippen molar-refractivity contribution >= 4 is 0 Å². The van der Waals surface area contributed by atoms with Crippen LogP contribution in [0.5, 0.6) is 0 Å². The minimum atomic E-state index is -0.323. The summed E-state index contributed by atoms with van der Waals surface area (Å²) < 4.78 is 0. The van der Waals surface area contributed by atoms with Crippen LogP contribution in [0.1, 0.15) is 79.1 Å². The first-order valence-electron chi connectivity index (χ1n) is 9.91. The lowest BCUT2D eigenvalue weighted by molar-refractivity contribution is 0.0822. The molecule has 0 aromatic rings. The molecule has 24 heavy (non-hydrogen) atoms. The largest absolute Gasteiger partial charge is 0.393 e. The number of aliphatic hydroxyl groups is 2. The smallest absolute Gasteiger partial charge is 0.0645 e. The van der Waals surface area contributed by atoms with Crippen LogP contribution in [0.3, 0.4) is 0 Å². The molecule has 0 radical (unpaired) electrons. The lowest BCUT2D eigenvalue weighted by Gasteiger charge is -2.44. The van der Waals surface area contributed by atoms with Gasteiger partial charge >= 0.3 is 0 Å². The normalized spacial score (nSPS) is 32.3. The van der Waals surface area contributed by atoms with Gasteiger partial charge in [-0.2, -0.15) is 0 Å². The van der Waals surface area contributed by atoms with Crippen LogP contribution in [-0.2, 0) is 0 Å². The van der Waals surface area contributed by atoms with E-state index in [2.05, 4.69) is 20.4 Å². The van der Waals surface area contributed by atoms with Crippen molar-refractivity contribution in [1.82, 2.24) is 0 Å². The highest BCUT2D eigenvalue weighted by molar-refractivity contribution is 5.15. The molecule has 2 saturated carbocycles. The highest BCUT2D eigenvalue weighted by Crippen LogP contribution is 2.59. The fourth-order valence-electron chi connectivity index (χ4n) is 5.57. The Hall–Kier alpha value is -0.600. The third-order valence-electron chi connectivity index (χ3n) is 7.14. The van der Waals surface area contributed by atoms with Gasteiger partial charge in [0.25, 0.3) is 0 Å². The Morgan fingerprint density at radius 1 is 1.29 bits per heavy atom. The molecule has 0 aliphatic heterocycles. The van der Waals surface area contributed by atoms with E-state index in [-0.39, 0.29) is 12.7 Å². The van der Waals surface area contributed by atoms with E-state index in [1.165, 1.54) is 37.7 Å². The minimum Gasteiger partial charge on any atom is -0.393 e. The molecule has 0 heterocycles. The van der Waals surface area contributed by atoms with E-state index in [4.69, 9.17) is 0 Å². The summed E-state index contributed by atoms with van der Waals surface area (Å²) in [6.07, 6.45) is 8.75. The maximum Gasteiger partial charge on any atom is 0.0645 e. The minimum absolute atomic E-state index is 0.0689. The monoisotopic (exact) mass is 334 g/mol. The number of fused-ring (bicyclic) bond motifs is 1. The second-order valence-corrected chi connectivity index (χ2v) is 8.93. The molecular formula is C22H38O2. The molecule has 2 fully saturated rings. The molecule has 2 heteroatoms. The zero-order chi connectivity index (χ0) is 17.9.